The lowest BCUT2D eigenvalue weighted by Gasteiger charge is -2.18. The monoisotopic (exact) mass is 439 g/mol. The second-order valence-corrected chi connectivity index (χ2v) is 9.69. The minimum absolute atomic E-state index is 0.0448. The molecule has 0 bridgehead atoms. The van der Waals surface area contributed by atoms with Gasteiger partial charge in [-0.2, -0.15) is 0 Å². The minimum Gasteiger partial charge on any atom is -0.462 e. The van der Waals surface area contributed by atoms with Gasteiger partial charge in [-0.15, -0.1) is 11.3 Å². The molecule has 0 N–H and O–H groups in total. The van der Waals surface area contributed by atoms with Crippen LogP contribution in [0, 0.1) is 5.92 Å². The van der Waals surface area contributed by atoms with Crippen molar-refractivity contribution >= 4 is 27.5 Å². The van der Waals surface area contributed by atoms with Crippen molar-refractivity contribution < 1.29 is 9.53 Å². The molecule has 0 amide bonds. The number of benzene rings is 1. The van der Waals surface area contributed by atoms with Crippen LogP contribution in [0.3, 0.4) is 0 Å². The molecule has 0 saturated carbocycles. The maximum absolute atomic E-state index is 13.6. The Balaban J connectivity index is 1.75. The highest BCUT2D eigenvalue weighted by molar-refractivity contribution is 7.18. The molecule has 164 valence electrons. The summed E-state index contributed by atoms with van der Waals surface area (Å²) in [5, 5.41) is 0.803. The number of thiophene rings is 1. The Morgan fingerprint density at radius 2 is 2.03 bits per heavy atom. The first-order valence-corrected chi connectivity index (χ1v) is 11.6. The lowest BCUT2D eigenvalue weighted by molar-refractivity contribution is 0.0526. The van der Waals surface area contributed by atoms with E-state index in [1.165, 1.54) is 10.4 Å². The molecule has 1 aromatic carbocycles. The Kier molecular flexibility index (Phi) is 6.25. The highest BCUT2D eigenvalue weighted by atomic mass is 32.1. The van der Waals surface area contributed by atoms with Crippen LogP contribution in [-0.4, -0.2) is 41.1 Å². The third-order valence-corrected chi connectivity index (χ3v) is 6.91. The molecule has 6 nitrogen and oxygen atoms in total. The van der Waals surface area contributed by atoms with Gasteiger partial charge in [0, 0.05) is 4.88 Å². The first kappa shape index (κ1) is 21.7. The summed E-state index contributed by atoms with van der Waals surface area (Å²) in [6.45, 7) is 5.42. The number of aromatic nitrogens is 2. The predicted octanol–water partition coefficient (Wildman–Crippen LogP) is 3.87. The van der Waals surface area contributed by atoms with Crippen molar-refractivity contribution in [1.29, 1.82) is 0 Å². The van der Waals surface area contributed by atoms with Crippen LogP contribution in [0.15, 0.2) is 29.1 Å². The fourth-order valence-corrected chi connectivity index (χ4v) is 5.57. The zero-order valence-electron chi connectivity index (χ0n) is 18.6. The lowest BCUT2D eigenvalue weighted by atomic mass is 9.89. The van der Waals surface area contributed by atoms with Gasteiger partial charge in [0.1, 0.15) is 10.7 Å². The van der Waals surface area contributed by atoms with Crippen LogP contribution in [0.5, 0.6) is 0 Å². The van der Waals surface area contributed by atoms with E-state index in [9.17, 15) is 9.59 Å². The van der Waals surface area contributed by atoms with Gasteiger partial charge in [0.2, 0.25) is 0 Å². The predicted molar refractivity (Wildman–Crippen MR) is 124 cm³/mol. The van der Waals surface area contributed by atoms with E-state index in [-0.39, 0.29) is 11.5 Å². The van der Waals surface area contributed by atoms with Gasteiger partial charge in [0.05, 0.1) is 30.6 Å². The molecule has 7 heteroatoms. The second kappa shape index (κ2) is 8.93. The number of hydrogen-bond donors (Lipinski definition) is 0. The average molecular weight is 440 g/mol. The average Bonchev–Trinajstić information content (AvgIpc) is 3.08. The normalized spacial score (nSPS) is 16.0. The first-order chi connectivity index (χ1) is 14.9. The largest absolute Gasteiger partial charge is 0.462 e. The fourth-order valence-electron chi connectivity index (χ4n) is 4.18. The molecule has 0 radical (unpaired) electrons. The molecule has 0 fully saturated rings. The maximum atomic E-state index is 13.6. The number of esters is 1. The van der Waals surface area contributed by atoms with E-state index >= 15 is 0 Å². The number of fused-ring (bicyclic) bond motifs is 3. The summed E-state index contributed by atoms with van der Waals surface area (Å²) in [4.78, 5) is 34.7. The number of hydrogen-bond acceptors (Lipinski definition) is 6. The Bertz CT molecular complexity index is 1160. The van der Waals surface area contributed by atoms with E-state index in [0.29, 0.717) is 31.2 Å². The van der Waals surface area contributed by atoms with Crippen LogP contribution in [0.1, 0.15) is 52.5 Å². The van der Waals surface area contributed by atoms with Crippen molar-refractivity contribution in [3.63, 3.8) is 0 Å². The zero-order chi connectivity index (χ0) is 22.1. The highest BCUT2D eigenvalue weighted by Crippen LogP contribution is 2.36. The Labute approximate surface area is 186 Å². The van der Waals surface area contributed by atoms with Gasteiger partial charge in [-0.05, 0) is 69.5 Å². The Hall–Kier alpha value is -2.51. The lowest BCUT2D eigenvalue weighted by Crippen LogP contribution is -2.29. The molecule has 1 atom stereocenters. The van der Waals surface area contributed by atoms with Crippen molar-refractivity contribution in [3.8, 4) is 0 Å². The molecule has 2 aromatic heterocycles. The molecular formula is C24H29N3O3S. The van der Waals surface area contributed by atoms with E-state index in [2.05, 4.69) is 6.92 Å². The van der Waals surface area contributed by atoms with Gasteiger partial charge >= 0.3 is 5.97 Å². The van der Waals surface area contributed by atoms with Crippen molar-refractivity contribution in [1.82, 2.24) is 14.5 Å². The molecule has 31 heavy (non-hydrogen) atoms. The third kappa shape index (κ3) is 4.43. The molecule has 3 aromatic rings. The van der Waals surface area contributed by atoms with Crippen LogP contribution in [0.4, 0.5) is 0 Å². The van der Waals surface area contributed by atoms with Gasteiger partial charge < -0.3 is 9.64 Å². The number of ether oxygens (including phenoxy) is 1. The SMILES string of the molecule is CCOC(=O)c1ccc(Cn2c(CN(C)C)nc3sc4c(c3c2=O)CCC(C)C4)cc1. The molecule has 1 aliphatic rings. The summed E-state index contributed by atoms with van der Waals surface area (Å²) < 4.78 is 6.86. The summed E-state index contributed by atoms with van der Waals surface area (Å²) in [5.74, 6) is 1.09. The smallest absolute Gasteiger partial charge is 0.338 e. The van der Waals surface area contributed by atoms with Gasteiger partial charge in [-0.1, -0.05) is 19.1 Å². The zero-order valence-corrected chi connectivity index (χ0v) is 19.4. The first-order valence-electron chi connectivity index (χ1n) is 10.8. The van der Waals surface area contributed by atoms with E-state index < -0.39 is 0 Å². The van der Waals surface area contributed by atoms with Gasteiger partial charge in [0.15, 0.2) is 0 Å². The molecule has 1 unspecified atom stereocenters. The third-order valence-electron chi connectivity index (χ3n) is 5.76. The molecule has 0 saturated heterocycles. The van der Waals surface area contributed by atoms with E-state index in [4.69, 9.17) is 9.72 Å². The molecule has 0 spiro atoms. The maximum Gasteiger partial charge on any atom is 0.338 e. The van der Waals surface area contributed by atoms with Crippen LogP contribution in [0.2, 0.25) is 0 Å². The number of carbonyl (C=O) groups excluding carboxylic acids is 1. The number of rotatable bonds is 6. The molecule has 2 heterocycles. The summed E-state index contributed by atoms with van der Waals surface area (Å²) in [6.07, 6.45) is 3.11. The van der Waals surface area contributed by atoms with Gasteiger partial charge in [0.25, 0.3) is 5.56 Å². The van der Waals surface area contributed by atoms with Crippen molar-refractivity contribution in [2.75, 3.05) is 20.7 Å². The molecule has 1 aliphatic carbocycles. The fraction of sp³-hybridized carbons (Fsp3) is 0.458. The van der Waals surface area contributed by atoms with Crippen molar-refractivity contribution in [3.05, 3.63) is 62.0 Å². The van der Waals surface area contributed by atoms with Crippen molar-refractivity contribution in [2.24, 2.45) is 5.92 Å². The van der Waals surface area contributed by atoms with Crippen LogP contribution in [-0.2, 0) is 30.7 Å². The number of nitrogens with zero attached hydrogens (tertiary/aromatic N) is 3. The number of carbonyl (C=O) groups is 1. The van der Waals surface area contributed by atoms with E-state index in [1.807, 2.05) is 31.1 Å². The standard InChI is InChI=1S/C24H29N3O3S/c1-5-30-24(29)17-9-7-16(8-10-17)13-27-20(14-26(3)4)25-22-21(23(27)28)18-11-6-15(2)12-19(18)31-22/h7-10,15H,5-6,11-14H2,1-4H3. The summed E-state index contributed by atoms with van der Waals surface area (Å²) in [7, 11) is 3.96. The van der Waals surface area contributed by atoms with Crippen LogP contribution < -0.4 is 5.56 Å². The van der Waals surface area contributed by atoms with Crippen molar-refractivity contribution in [2.45, 2.75) is 46.2 Å². The minimum atomic E-state index is -0.332. The number of aryl methyl sites for hydroxylation is 1. The highest BCUT2D eigenvalue weighted by Gasteiger charge is 2.24. The van der Waals surface area contributed by atoms with Crippen LogP contribution >= 0.6 is 11.3 Å². The summed E-state index contributed by atoms with van der Waals surface area (Å²) in [6, 6.07) is 7.27. The molecule has 0 aliphatic heterocycles. The topological polar surface area (TPSA) is 64.4 Å². The van der Waals surface area contributed by atoms with E-state index in [1.54, 1.807) is 35.0 Å². The van der Waals surface area contributed by atoms with Crippen LogP contribution in [0.25, 0.3) is 10.2 Å². The quantitative estimate of drug-likeness (QED) is 0.546. The van der Waals surface area contributed by atoms with E-state index in [0.717, 1.165) is 40.9 Å². The Morgan fingerprint density at radius 3 is 2.71 bits per heavy atom. The molecule has 4 rings (SSSR count). The summed E-state index contributed by atoms with van der Waals surface area (Å²) >= 11 is 1.69. The second-order valence-electron chi connectivity index (χ2n) is 8.61. The van der Waals surface area contributed by atoms with Gasteiger partial charge in [-0.3, -0.25) is 9.36 Å². The Morgan fingerprint density at radius 1 is 1.29 bits per heavy atom. The summed E-state index contributed by atoms with van der Waals surface area (Å²) in [5.41, 5.74) is 2.72. The molecular weight excluding hydrogens is 410 g/mol. The van der Waals surface area contributed by atoms with Gasteiger partial charge in [-0.25, -0.2) is 9.78 Å².